The summed E-state index contributed by atoms with van der Waals surface area (Å²) in [5, 5.41) is 14.8. The van der Waals surface area contributed by atoms with E-state index < -0.39 is 0 Å². The minimum absolute atomic E-state index is 0.799. The van der Waals surface area contributed by atoms with E-state index >= 15 is 0 Å². The molecule has 2 N–H and O–H groups in total. The minimum Gasteiger partial charge on any atom is -0.381 e. The van der Waals surface area contributed by atoms with Crippen molar-refractivity contribution in [2.24, 2.45) is 4.99 Å². The molecule has 0 aromatic carbocycles. The Hall–Kier alpha value is -1.63. The molecule has 7 nitrogen and oxygen atoms in total. The van der Waals surface area contributed by atoms with Gasteiger partial charge in [0.2, 0.25) is 0 Å². The van der Waals surface area contributed by atoms with E-state index in [0.29, 0.717) is 0 Å². The van der Waals surface area contributed by atoms with Crippen molar-refractivity contribution in [3.63, 3.8) is 0 Å². The number of hydrogen-bond donors (Lipinski definition) is 2. The summed E-state index contributed by atoms with van der Waals surface area (Å²) in [6.07, 6.45) is 7.03. The zero-order chi connectivity index (χ0) is 17.5. The van der Waals surface area contributed by atoms with Crippen molar-refractivity contribution in [1.29, 1.82) is 0 Å². The third-order valence-electron chi connectivity index (χ3n) is 3.55. The van der Waals surface area contributed by atoms with Crippen LogP contribution in [0.3, 0.4) is 0 Å². The molecule has 0 bridgehead atoms. The van der Waals surface area contributed by atoms with Gasteiger partial charge in [0.25, 0.3) is 0 Å². The molecule has 1 aromatic rings. The molecule has 1 aromatic heterocycles. The Kier molecular flexibility index (Phi) is 11.7. The highest BCUT2D eigenvalue weighted by molar-refractivity contribution is 5.79. The van der Waals surface area contributed by atoms with Crippen molar-refractivity contribution in [3.8, 4) is 0 Å². The molecule has 0 aliphatic heterocycles. The lowest BCUT2D eigenvalue weighted by molar-refractivity contribution is 0.129. The van der Waals surface area contributed by atoms with Crippen LogP contribution in [0.1, 0.15) is 52.3 Å². The third-order valence-corrected chi connectivity index (χ3v) is 3.55. The zero-order valence-electron chi connectivity index (χ0n) is 15.6. The van der Waals surface area contributed by atoms with Gasteiger partial charge in [-0.1, -0.05) is 27.2 Å². The fourth-order valence-electron chi connectivity index (χ4n) is 2.16. The second-order valence-corrected chi connectivity index (χ2v) is 5.70. The number of guanidine groups is 1. The van der Waals surface area contributed by atoms with Crippen molar-refractivity contribution in [3.05, 3.63) is 12.2 Å². The lowest BCUT2D eigenvalue weighted by atomic mass is 10.4. The van der Waals surface area contributed by atoms with Gasteiger partial charge in [-0.15, -0.1) is 10.2 Å². The molecule has 138 valence electrons. The average molecular weight is 339 g/mol. The van der Waals surface area contributed by atoms with Gasteiger partial charge in [0.1, 0.15) is 12.2 Å². The molecule has 24 heavy (non-hydrogen) atoms. The number of aliphatic imine (C=N–C) groups is 1. The van der Waals surface area contributed by atoms with Crippen LogP contribution in [0.5, 0.6) is 0 Å². The smallest absolute Gasteiger partial charge is 0.191 e. The van der Waals surface area contributed by atoms with Crippen LogP contribution in [-0.4, -0.2) is 53.6 Å². The topological polar surface area (TPSA) is 76.4 Å². The Morgan fingerprint density at radius 2 is 1.92 bits per heavy atom. The van der Waals surface area contributed by atoms with Crippen LogP contribution in [0.25, 0.3) is 0 Å². The monoisotopic (exact) mass is 338 g/mol. The predicted molar refractivity (Wildman–Crippen MR) is 98.3 cm³/mol. The van der Waals surface area contributed by atoms with Crippen LogP contribution >= 0.6 is 0 Å². The van der Waals surface area contributed by atoms with Crippen LogP contribution in [0.15, 0.2) is 11.3 Å². The van der Waals surface area contributed by atoms with E-state index in [1.165, 1.54) is 6.42 Å². The van der Waals surface area contributed by atoms with Gasteiger partial charge in [-0.3, -0.25) is 4.99 Å². The first-order chi connectivity index (χ1) is 11.8. The standard InChI is InChI=1S/C17H34N6O/c1-4-7-13-24-14-8-10-19-17(18-9-5-2)20-11-12-23-15-21-22-16(23)6-3/h15H,4-14H2,1-3H3,(H2,18,19,20). The van der Waals surface area contributed by atoms with E-state index in [-0.39, 0.29) is 0 Å². The normalized spacial score (nSPS) is 11.7. The molecule has 0 saturated heterocycles. The van der Waals surface area contributed by atoms with Crippen molar-refractivity contribution < 1.29 is 4.74 Å². The second-order valence-electron chi connectivity index (χ2n) is 5.70. The van der Waals surface area contributed by atoms with Crippen LogP contribution in [0, 0.1) is 0 Å². The second kappa shape index (κ2) is 13.8. The molecule has 0 amide bonds. The van der Waals surface area contributed by atoms with Gasteiger partial charge >= 0.3 is 0 Å². The summed E-state index contributed by atoms with van der Waals surface area (Å²) in [5.41, 5.74) is 0. The Bertz CT molecular complexity index is 446. The summed E-state index contributed by atoms with van der Waals surface area (Å²) < 4.78 is 7.65. The highest BCUT2D eigenvalue weighted by Crippen LogP contribution is 1.94. The van der Waals surface area contributed by atoms with Gasteiger partial charge in [0.05, 0.1) is 0 Å². The summed E-state index contributed by atoms with van der Waals surface area (Å²) in [6, 6.07) is 0. The molecular formula is C17H34N6O. The van der Waals surface area contributed by atoms with Crippen LogP contribution in [-0.2, 0) is 17.7 Å². The van der Waals surface area contributed by atoms with Crippen molar-refractivity contribution in [2.75, 3.05) is 32.8 Å². The summed E-state index contributed by atoms with van der Waals surface area (Å²) in [5.74, 6) is 1.89. The third kappa shape index (κ3) is 8.86. The lowest BCUT2D eigenvalue weighted by Gasteiger charge is -2.13. The average Bonchev–Trinajstić information content (AvgIpc) is 3.05. The van der Waals surface area contributed by atoms with E-state index in [4.69, 9.17) is 4.74 Å². The maximum Gasteiger partial charge on any atom is 0.191 e. The highest BCUT2D eigenvalue weighted by Gasteiger charge is 2.02. The predicted octanol–water partition coefficient (Wildman–Crippen LogP) is 1.99. The summed E-state index contributed by atoms with van der Waals surface area (Å²) in [7, 11) is 0. The van der Waals surface area contributed by atoms with Gasteiger partial charge in [-0.05, 0) is 19.3 Å². The Morgan fingerprint density at radius 3 is 2.67 bits per heavy atom. The maximum absolute atomic E-state index is 5.58. The van der Waals surface area contributed by atoms with E-state index in [9.17, 15) is 0 Å². The van der Waals surface area contributed by atoms with Crippen molar-refractivity contribution >= 4 is 5.96 Å². The van der Waals surface area contributed by atoms with Gasteiger partial charge in [0, 0.05) is 45.8 Å². The maximum atomic E-state index is 5.58. The fourth-order valence-corrected chi connectivity index (χ4v) is 2.16. The molecule has 1 rings (SSSR count). The van der Waals surface area contributed by atoms with E-state index in [0.717, 1.165) is 76.9 Å². The first-order valence-electron chi connectivity index (χ1n) is 9.28. The van der Waals surface area contributed by atoms with Crippen LogP contribution < -0.4 is 10.6 Å². The first-order valence-corrected chi connectivity index (χ1v) is 9.28. The van der Waals surface area contributed by atoms with Gasteiger partial charge < -0.3 is 19.9 Å². The number of unbranched alkanes of at least 4 members (excludes halogenated alkanes) is 1. The molecule has 0 radical (unpaired) electrons. The van der Waals surface area contributed by atoms with Gasteiger partial charge in [0.15, 0.2) is 5.96 Å². The summed E-state index contributed by atoms with van der Waals surface area (Å²) in [6.45, 7) is 11.4. The molecule has 0 aliphatic rings. The quantitative estimate of drug-likeness (QED) is 0.327. The van der Waals surface area contributed by atoms with E-state index in [1.807, 2.05) is 0 Å². The first kappa shape index (κ1) is 20.4. The van der Waals surface area contributed by atoms with E-state index in [2.05, 4.69) is 51.2 Å². The molecule has 0 saturated carbocycles. The van der Waals surface area contributed by atoms with E-state index in [1.54, 1.807) is 6.33 Å². The van der Waals surface area contributed by atoms with Crippen molar-refractivity contribution in [2.45, 2.75) is 59.4 Å². The number of nitrogens with one attached hydrogen (secondary N) is 2. The number of rotatable bonds is 13. The molecular weight excluding hydrogens is 304 g/mol. The molecule has 0 atom stereocenters. The summed E-state index contributed by atoms with van der Waals surface area (Å²) >= 11 is 0. The van der Waals surface area contributed by atoms with Gasteiger partial charge in [-0.25, -0.2) is 0 Å². The van der Waals surface area contributed by atoms with Gasteiger partial charge in [-0.2, -0.15) is 0 Å². The molecule has 0 unspecified atom stereocenters. The Labute approximate surface area is 146 Å². The number of nitrogens with zero attached hydrogens (tertiary/aromatic N) is 4. The number of aryl methyl sites for hydroxylation is 1. The minimum atomic E-state index is 0.799. The number of aromatic nitrogens is 3. The Balaban J connectivity index is 2.24. The molecule has 0 aliphatic carbocycles. The zero-order valence-corrected chi connectivity index (χ0v) is 15.6. The number of ether oxygens (including phenoxy) is 1. The molecule has 0 fully saturated rings. The molecule has 0 spiro atoms. The number of hydrogen-bond acceptors (Lipinski definition) is 4. The lowest BCUT2D eigenvalue weighted by Crippen LogP contribution is -2.39. The van der Waals surface area contributed by atoms with Crippen LogP contribution in [0.4, 0.5) is 0 Å². The Morgan fingerprint density at radius 1 is 1.12 bits per heavy atom. The highest BCUT2D eigenvalue weighted by atomic mass is 16.5. The van der Waals surface area contributed by atoms with Crippen LogP contribution in [0.2, 0.25) is 0 Å². The fraction of sp³-hybridized carbons (Fsp3) is 0.824. The largest absolute Gasteiger partial charge is 0.381 e. The molecule has 1 heterocycles. The van der Waals surface area contributed by atoms with Crippen molar-refractivity contribution in [1.82, 2.24) is 25.4 Å². The molecule has 7 heteroatoms. The SMILES string of the molecule is CCCCOCCCNC(=NCCC)NCCn1cnnc1CC. The summed E-state index contributed by atoms with van der Waals surface area (Å²) in [4.78, 5) is 4.56.